The van der Waals surface area contributed by atoms with Crippen LogP contribution in [-0.4, -0.2) is 31.3 Å². The lowest BCUT2D eigenvalue weighted by Crippen LogP contribution is -2.09. The summed E-state index contributed by atoms with van der Waals surface area (Å²) in [5.74, 6) is -0.421. The minimum absolute atomic E-state index is 0.0118. The van der Waals surface area contributed by atoms with Gasteiger partial charge in [-0.25, -0.2) is 9.59 Å². The Labute approximate surface area is 224 Å². The minimum Gasteiger partial charge on any atom is -0.494 e. The molecule has 206 valence electrons. The molecule has 10 heteroatoms. The van der Waals surface area contributed by atoms with E-state index in [2.05, 4.69) is 0 Å². The molecule has 0 heterocycles. The van der Waals surface area contributed by atoms with Crippen LogP contribution in [0.3, 0.4) is 0 Å². The van der Waals surface area contributed by atoms with Gasteiger partial charge in [0.05, 0.1) is 24.4 Å². The molecule has 0 fully saturated rings. The third kappa shape index (κ3) is 9.10. The van der Waals surface area contributed by atoms with Crippen molar-refractivity contribution in [3.05, 3.63) is 83.4 Å². The summed E-state index contributed by atoms with van der Waals surface area (Å²) in [6, 6.07) is 17.5. The Morgan fingerprint density at radius 1 is 0.897 bits per heavy atom. The van der Waals surface area contributed by atoms with Gasteiger partial charge in [-0.2, -0.15) is 13.2 Å². The summed E-state index contributed by atoms with van der Waals surface area (Å²) < 4.78 is 52.6. The van der Waals surface area contributed by atoms with E-state index in [1.807, 2.05) is 0 Å². The first-order valence-corrected chi connectivity index (χ1v) is 12.2. The van der Waals surface area contributed by atoms with Crippen molar-refractivity contribution < 1.29 is 37.0 Å². The zero-order chi connectivity index (χ0) is 28.4. The molecule has 0 atom stereocenters. The van der Waals surface area contributed by atoms with Crippen LogP contribution < -0.4 is 20.9 Å². The van der Waals surface area contributed by atoms with Crippen molar-refractivity contribution in [3.8, 4) is 11.5 Å². The van der Waals surface area contributed by atoms with E-state index in [0.29, 0.717) is 28.3 Å². The number of nitrogens with two attached hydrogens (primary N) is 2. The van der Waals surface area contributed by atoms with Crippen LogP contribution in [0.15, 0.2) is 66.7 Å². The number of alkyl halides is 3. The maximum absolute atomic E-state index is 12.6. The highest BCUT2D eigenvalue weighted by atomic mass is 19.4. The summed E-state index contributed by atoms with van der Waals surface area (Å²) in [4.78, 5) is 25.1. The molecule has 0 aliphatic rings. The highest BCUT2D eigenvalue weighted by molar-refractivity contribution is 6.23. The maximum Gasteiger partial charge on any atom is 0.389 e. The average Bonchev–Trinajstić information content (AvgIpc) is 2.88. The molecule has 7 nitrogen and oxygen atoms in total. The summed E-state index contributed by atoms with van der Waals surface area (Å²) in [6.07, 6.45) is -3.14. The van der Waals surface area contributed by atoms with E-state index in [0.717, 1.165) is 0 Å². The second kappa shape index (κ2) is 13.4. The van der Waals surface area contributed by atoms with Gasteiger partial charge in [-0.3, -0.25) is 0 Å². The molecule has 0 bridgehead atoms. The molecule has 4 N–H and O–H groups in total. The number of carbonyl (C=O) groups is 2. The fourth-order valence-corrected chi connectivity index (χ4v) is 3.55. The van der Waals surface area contributed by atoms with E-state index in [1.165, 1.54) is 12.1 Å². The van der Waals surface area contributed by atoms with Crippen LogP contribution in [0.4, 0.5) is 24.5 Å². The van der Waals surface area contributed by atoms with Gasteiger partial charge in [-0.15, -0.1) is 0 Å². The molecule has 0 amide bonds. The van der Waals surface area contributed by atoms with Crippen LogP contribution >= 0.6 is 0 Å². The van der Waals surface area contributed by atoms with Gasteiger partial charge in [-0.1, -0.05) is 12.1 Å². The van der Waals surface area contributed by atoms with Gasteiger partial charge in [0, 0.05) is 23.4 Å². The first-order chi connectivity index (χ1) is 18.6. The Kier molecular flexibility index (Phi) is 9.97. The second-order valence-electron chi connectivity index (χ2n) is 8.53. The molecular formula is C29H29F3N2O5. The summed E-state index contributed by atoms with van der Waals surface area (Å²) in [5.41, 5.74) is 14.3. The minimum atomic E-state index is -4.17. The van der Waals surface area contributed by atoms with Crippen molar-refractivity contribution in [1.29, 1.82) is 0 Å². The first kappa shape index (κ1) is 29.1. The van der Waals surface area contributed by atoms with Crippen LogP contribution in [0.1, 0.15) is 47.7 Å². The van der Waals surface area contributed by atoms with E-state index in [4.69, 9.17) is 25.7 Å². The van der Waals surface area contributed by atoms with Crippen molar-refractivity contribution in [1.82, 2.24) is 0 Å². The number of rotatable bonds is 11. The van der Waals surface area contributed by atoms with Crippen LogP contribution in [0, 0.1) is 0 Å². The van der Waals surface area contributed by atoms with Gasteiger partial charge in [0.2, 0.25) is 0 Å². The number of hydrogen-bond acceptors (Lipinski definition) is 7. The molecular weight excluding hydrogens is 513 g/mol. The molecule has 0 spiro atoms. The normalized spacial score (nSPS) is 11.6. The zero-order valence-electron chi connectivity index (χ0n) is 21.3. The number of hydrogen-bond donors (Lipinski definition) is 2. The fraction of sp³-hybridized carbons (Fsp3) is 0.241. The summed E-state index contributed by atoms with van der Waals surface area (Å²) in [5, 5.41) is 0. The molecule has 3 aromatic carbocycles. The lowest BCUT2D eigenvalue weighted by molar-refractivity contribution is -0.136. The number of carbonyl (C=O) groups excluding carboxylic acids is 2. The van der Waals surface area contributed by atoms with Crippen LogP contribution in [0.25, 0.3) is 11.6 Å². The molecule has 0 aliphatic carbocycles. The SMILES string of the molecule is CCOC(=O)C(=Cc1ccc(OC(=O)c2ccc(OCCCCC(F)(F)F)cc2)cc1)c1ccc(N)cc1N. The molecule has 39 heavy (non-hydrogen) atoms. The summed E-state index contributed by atoms with van der Waals surface area (Å²) in [7, 11) is 0. The predicted molar refractivity (Wildman–Crippen MR) is 143 cm³/mol. The molecule has 0 saturated carbocycles. The van der Waals surface area contributed by atoms with Gasteiger partial charge in [0.25, 0.3) is 0 Å². The number of halogens is 3. The van der Waals surface area contributed by atoms with Gasteiger partial charge in [-0.05, 0) is 86.0 Å². The Hall–Kier alpha value is -4.47. The van der Waals surface area contributed by atoms with E-state index >= 15 is 0 Å². The Morgan fingerprint density at radius 3 is 2.18 bits per heavy atom. The number of benzene rings is 3. The van der Waals surface area contributed by atoms with Crippen LogP contribution in [-0.2, 0) is 9.53 Å². The molecule has 3 rings (SSSR count). The van der Waals surface area contributed by atoms with E-state index in [9.17, 15) is 22.8 Å². The van der Waals surface area contributed by atoms with Crippen molar-refractivity contribution >= 4 is 35.0 Å². The van der Waals surface area contributed by atoms with Gasteiger partial charge < -0.3 is 25.7 Å². The number of esters is 2. The van der Waals surface area contributed by atoms with E-state index in [-0.39, 0.29) is 42.9 Å². The Morgan fingerprint density at radius 2 is 1.56 bits per heavy atom. The number of anilines is 2. The maximum atomic E-state index is 12.6. The molecule has 0 aromatic heterocycles. The third-order valence-corrected chi connectivity index (χ3v) is 5.48. The number of nitrogen functional groups attached to an aromatic ring is 2. The third-order valence-electron chi connectivity index (χ3n) is 5.48. The van der Waals surface area contributed by atoms with E-state index < -0.39 is 24.5 Å². The zero-order valence-corrected chi connectivity index (χ0v) is 21.3. The second-order valence-corrected chi connectivity index (χ2v) is 8.53. The standard InChI is InChI=1S/C29H29F3N2O5/c1-2-37-28(36)25(24-14-9-21(33)18-26(24)34)17-19-5-10-23(11-6-19)39-27(35)20-7-12-22(13-8-20)38-16-4-3-15-29(30,31)32/h5-14,17-18H,2-4,15-16,33-34H2,1H3. The predicted octanol–water partition coefficient (Wildman–Crippen LogP) is 6.29. The first-order valence-electron chi connectivity index (χ1n) is 12.2. The Balaban J connectivity index is 1.62. The van der Waals surface area contributed by atoms with Crippen LogP contribution in [0.5, 0.6) is 11.5 Å². The lowest BCUT2D eigenvalue weighted by atomic mass is 10.0. The highest BCUT2D eigenvalue weighted by Gasteiger charge is 2.25. The van der Waals surface area contributed by atoms with Gasteiger partial charge in [0.1, 0.15) is 11.5 Å². The molecule has 0 saturated heterocycles. The summed E-state index contributed by atoms with van der Waals surface area (Å²) in [6.45, 7) is 2.03. The monoisotopic (exact) mass is 542 g/mol. The van der Waals surface area contributed by atoms with Crippen molar-refractivity contribution in [2.45, 2.75) is 32.4 Å². The molecule has 0 unspecified atom stereocenters. The summed E-state index contributed by atoms with van der Waals surface area (Å²) >= 11 is 0. The quantitative estimate of drug-likeness (QED) is 0.0731. The molecule has 0 radical (unpaired) electrons. The lowest BCUT2D eigenvalue weighted by Gasteiger charge is -2.11. The van der Waals surface area contributed by atoms with Gasteiger partial charge in [0.15, 0.2) is 0 Å². The number of unbranched alkanes of at least 4 members (excludes halogenated alkanes) is 1. The average molecular weight is 543 g/mol. The van der Waals surface area contributed by atoms with Crippen molar-refractivity contribution in [3.63, 3.8) is 0 Å². The fourth-order valence-electron chi connectivity index (χ4n) is 3.55. The largest absolute Gasteiger partial charge is 0.494 e. The highest BCUT2D eigenvalue weighted by Crippen LogP contribution is 2.28. The van der Waals surface area contributed by atoms with Crippen molar-refractivity contribution in [2.75, 3.05) is 24.7 Å². The Bertz CT molecular complexity index is 1300. The number of ether oxygens (including phenoxy) is 3. The van der Waals surface area contributed by atoms with Crippen molar-refractivity contribution in [2.24, 2.45) is 0 Å². The topological polar surface area (TPSA) is 114 Å². The van der Waals surface area contributed by atoms with E-state index in [1.54, 1.807) is 67.6 Å². The molecule has 3 aromatic rings. The smallest absolute Gasteiger partial charge is 0.389 e. The van der Waals surface area contributed by atoms with Gasteiger partial charge >= 0.3 is 18.1 Å². The van der Waals surface area contributed by atoms with Crippen LogP contribution in [0.2, 0.25) is 0 Å². The molecule has 0 aliphatic heterocycles.